The Hall–Kier alpha value is -1.07. The molecule has 0 aromatic heterocycles. The summed E-state index contributed by atoms with van der Waals surface area (Å²) in [5.41, 5.74) is 5.20. The number of rotatable bonds is 5. The van der Waals surface area contributed by atoms with Crippen LogP contribution in [0.25, 0.3) is 0 Å². The molecular weight excluding hydrogens is 231 g/mol. The van der Waals surface area contributed by atoms with E-state index < -0.39 is 17.8 Å². The molecule has 0 spiro atoms. The largest absolute Gasteiger partial charge is 0.416 e. The summed E-state index contributed by atoms with van der Waals surface area (Å²) in [5.74, 6) is 0. The molecule has 0 fully saturated rings. The van der Waals surface area contributed by atoms with E-state index in [9.17, 15) is 18.3 Å². The molecule has 0 saturated heterocycles. The van der Waals surface area contributed by atoms with Crippen molar-refractivity contribution in [1.82, 2.24) is 0 Å². The molecule has 1 atom stereocenters. The van der Waals surface area contributed by atoms with Gasteiger partial charge < -0.3 is 10.8 Å². The topological polar surface area (TPSA) is 46.2 Å². The lowest BCUT2D eigenvalue weighted by atomic mass is 10.0. The first-order valence-electron chi connectivity index (χ1n) is 5.47. The van der Waals surface area contributed by atoms with Gasteiger partial charge in [0, 0.05) is 0 Å². The van der Waals surface area contributed by atoms with Crippen LogP contribution in [-0.4, -0.2) is 17.8 Å². The molecule has 0 saturated carbocycles. The molecule has 1 aromatic rings. The van der Waals surface area contributed by atoms with Crippen LogP contribution < -0.4 is 5.73 Å². The Morgan fingerprint density at radius 2 is 1.94 bits per heavy atom. The number of halogens is 3. The van der Waals surface area contributed by atoms with Crippen LogP contribution in [0.1, 0.15) is 24.0 Å². The zero-order valence-electron chi connectivity index (χ0n) is 9.37. The summed E-state index contributed by atoms with van der Waals surface area (Å²) < 4.78 is 37.3. The van der Waals surface area contributed by atoms with Gasteiger partial charge in [-0.05, 0) is 37.4 Å². The van der Waals surface area contributed by atoms with Crippen LogP contribution in [0.15, 0.2) is 24.3 Å². The third-order valence-electron chi connectivity index (χ3n) is 2.52. The van der Waals surface area contributed by atoms with Crippen LogP contribution in [0, 0.1) is 0 Å². The standard InChI is InChI=1S/C12H16F3NO/c13-12(14,15)10-3-1-2-9(8-10)4-5-11(17)6-7-16/h1-3,8,11,17H,4-7,16H2. The van der Waals surface area contributed by atoms with Crippen LogP contribution in [-0.2, 0) is 12.6 Å². The molecule has 2 nitrogen and oxygen atoms in total. The summed E-state index contributed by atoms with van der Waals surface area (Å²) in [7, 11) is 0. The van der Waals surface area contributed by atoms with Gasteiger partial charge in [-0.3, -0.25) is 0 Å². The molecule has 0 bridgehead atoms. The van der Waals surface area contributed by atoms with Gasteiger partial charge in [-0.2, -0.15) is 13.2 Å². The van der Waals surface area contributed by atoms with Crippen molar-refractivity contribution in [3.05, 3.63) is 35.4 Å². The maximum atomic E-state index is 12.4. The Kier molecular flexibility index (Phi) is 4.96. The van der Waals surface area contributed by atoms with Gasteiger partial charge in [-0.1, -0.05) is 18.2 Å². The number of aliphatic hydroxyl groups excluding tert-OH is 1. The quantitative estimate of drug-likeness (QED) is 0.839. The van der Waals surface area contributed by atoms with Crippen LogP contribution in [0.5, 0.6) is 0 Å². The molecule has 0 aliphatic carbocycles. The molecule has 17 heavy (non-hydrogen) atoms. The molecule has 3 N–H and O–H groups in total. The van der Waals surface area contributed by atoms with Gasteiger partial charge in [0.05, 0.1) is 11.7 Å². The maximum Gasteiger partial charge on any atom is 0.416 e. The van der Waals surface area contributed by atoms with E-state index in [0.717, 1.165) is 12.1 Å². The summed E-state index contributed by atoms with van der Waals surface area (Å²) in [6.07, 6.45) is -3.54. The monoisotopic (exact) mass is 247 g/mol. The fourth-order valence-corrected chi connectivity index (χ4v) is 1.57. The average Bonchev–Trinajstić information content (AvgIpc) is 2.26. The Labute approximate surface area is 98.3 Å². The number of hydrogen-bond acceptors (Lipinski definition) is 2. The van der Waals surface area contributed by atoms with Gasteiger partial charge in [0.1, 0.15) is 0 Å². The summed E-state index contributed by atoms with van der Waals surface area (Å²) in [5, 5.41) is 9.44. The maximum absolute atomic E-state index is 12.4. The van der Waals surface area contributed by atoms with E-state index in [-0.39, 0.29) is 0 Å². The second-order valence-corrected chi connectivity index (χ2v) is 3.97. The lowest BCUT2D eigenvalue weighted by molar-refractivity contribution is -0.137. The number of aryl methyl sites for hydroxylation is 1. The zero-order chi connectivity index (χ0) is 12.9. The predicted octanol–water partition coefficient (Wildman–Crippen LogP) is 2.35. The molecule has 1 aromatic carbocycles. The molecule has 0 amide bonds. The highest BCUT2D eigenvalue weighted by atomic mass is 19.4. The smallest absolute Gasteiger partial charge is 0.393 e. The first kappa shape index (κ1) is 14.0. The van der Waals surface area contributed by atoms with Gasteiger partial charge in [-0.25, -0.2) is 0 Å². The van der Waals surface area contributed by atoms with Crippen molar-refractivity contribution in [2.45, 2.75) is 31.5 Å². The van der Waals surface area contributed by atoms with Crippen LogP contribution in [0.2, 0.25) is 0 Å². The van der Waals surface area contributed by atoms with Gasteiger partial charge in [0.25, 0.3) is 0 Å². The minimum absolute atomic E-state index is 0.379. The summed E-state index contributed by atoms with van der Waals surface area (Å²) in [4.78, 5) is 0. The molecule has 0 heterocycles. The molecule has 0 aliphatic heterocycles. The summed E-state index contributed by atoms with van der Waals surface area (Å²) in [6.45, 7) is 0.379. The van der Waals surface area contributed by atoms with Gasteiger partial charge in [0.2, 0.25) is 0 Å². The summed E-state index contributed by atoms with van der Waals surface area (Å²) in [6, 6.07) is 5.17. The number of aliphatic hydroxyl groups is 1. The van der Waals surface area contributed by atoms with E-state index in [4.69, 9.17) is 5.73 Å². The van der Waals surface area contributed by atoms with E-state index in [1.54, 1.807) is 6.07 Å². The van der Waals surface area contributed by atoms with Crippen LogP contribution >= 0.6 is 0 Å². The average molecular weight is 247 g/mol. The van der Waals surface area contributed by atoms with Crippen molar-refractivity contribution < 1.29 is 18.3 Å². The zero-order valence-corrected chi connectivity index (χ0v) is 9.37. The number of nitrogens with two attached hydrogens (primary N) is 1. The fraction of sp³-hybridized carbons (Fsp3) is 0.500. The van der Waals surface area contributed by atoms with Crippen molar-refractivity contribution in [3.63, 3.8) is 0 Å². The van der Waals surface area contributed by atoms with E-state index in [2.05, 4.69) is 0 Å². The number of alkyl halides is 3. The molecule has 96 valence electrons. The highest BCUT2D eigenvalue weighted by Gasteiger charge is 2.30. The molecule has 0 radical (unpaired) electrons. The second-order valence-electron chi connectivity index (χ2n) is 3.97. The Morgan fingerprint density at radius 3 is 2.53 bits per heavy atom. The van der Waals surface area contributed by atoms with Crippen LogP contribution in [0.3, 0.4) is 0 Å². The Morgan fingerprint density at radius 1 is 1.24 bits per heavy atom. The molecule has 1 unspecified atom stereocenters. The first-order chi connectivity index (χ1) is 7.93. The Bertz CT molecular complexity index is 352. The van der Waals surface area contributed by atoms with Gasteiger partial charge in [0.15, 0.2) is 0 Å². The predicted molar refractivity (Wildman–Crippen MR) is 59.4 cm³/mol. The number of benzene rings is 1. The lowest BCUT2D eigenvalue weighted by Gasteiger charge is -2.11. The fourth-order valence-electron chi connectivity index (χ4n) is 1.57. The van der Waals surface area contributed by atoms with Crippen LogP contribution in [0.4, 0.5) is 13.2 Å². The van der Waals surface area contributed by atoms with E-state index in [1.165, 1.54) is 6.07 Å². The minimum Gasteiger partial charge on any atom is -0.393 e. The third kappa shape index (κ3) is 4.75. The molecule has 5 heteroatoms. The number of hydrogen-bond donors (Lipinski definition) is 2. The van der Waals surface area contributed by atoms with E-state index >= 15 is 0 Å². The SMILES string of the molecule is NCCC(O)CCc1cccc(C(F)(F)F)c1. The van der Waals surface area contributed by atoms with Crippen molar-refractivity contribution in [3.8, 4) is 0 Å². The van der Waals surface area contributed by atoms with Crippen molar-refractivity contribution in [2.75, 3.05) is 6.54 Å². The van der Waals surface area contributed by atoms with E-state index in [0.29, 0.717) is 31.4 Å². The highest BCUT2D eigenvalue weighted by molar-refractivity contribution is 5.25. The molecule has 1 rings (SSSR count). The van der Waals surface area contributed by atoms with E-state index in [1.807, 2.05) is 0 Å². The lowest BCUT2D eigenvalue weighted by Crippen LogP contribution is -2.14. The Balaban J connectivity index is 2.60. The highest BCUT2D eigenvalue weighted by Crippen LogP contribution is 2.29. The summed E-state index contributed by atoms with van der Waals surface area (Å²) >= 11 is 0. The van der Waals surface area contributed by atoms with Crippen molar-refractivity contribution >= 4 is 0 Å². The molecule has 0 aliphatic rings. The normalized spacial score (nSPS) is 13.7. The third-order valence-corrected chi connectivity index (χ3v) is 2.52. The van der Waals surface area contributed by atoms with Gasteiger partial charge >= 0.3 is 6.18 Å². The second kappa shape index (κ2) is 6.02. The minimum atomic E-state index is -4.31. The van der Waals surface area contributed by atoms with Crippen molar-refractivity contribution in [1.29, 1.82) is 0 Å². The van der Waals surface area contributed by atoms with Gasteiger partial charge in [-0.15, -0.1) is 0 Å². The molecular formula is C12H16F3NO. The van der Waals surface area contributed by atoms with Crippen molar-refractivity contribution in [2.24, 2.45) is 5.73 Å². The first-order valence-corrected chi connectivity index (χ1v) is 5.47.